The zero-order chi connectivity index (χ0) is 19.2. The fourth-order valence-corrected chi connectivity index (χ4v) is 2.85. The standard InChI is InChI=1S/C22H19NO4/c1-27-17-12-10-15(11-13-17)14-23-21(24)19-9-5-8-18(20(19)22(25)26)16-6-3-2-4-7-16/h2-13H,14H2,1H3,(H,23,24)(H,25,26). The number of amides is 1. The summed E-state index contributed by atoms with van der Waals surface area (Å²) in [5, 5.41) is 12.5. The second-order valence-corrected chi connectivity index (χ2v) is 5.93. The summed E-state index contributed by atoms with van der Waals surface area (Å²) in [5.74, 6) is -0.834. The molecule has 27 heavy (non-hydrogen) atoms. The number of nitrogens with one attached hydrogen (secondary N) is 1. The van der Waals surface area contributed by atoms with Crippen LogP contribution in [0.5, 0.6) is 5.75 Å². The summed E-state index contributed by atoms with van der Waals surface area (Å²) in [7, 11) is 1.59. The van der Waals surface area contributed by atoms with E-state index in [1.807, 2.05) is 42.5 Å². The Bertz CT molecular complexity index is 950. The van der Waals surface area contributed by atoms with Crippen LogP contribution >= 0.6 is 0 Å². The number of hydrogen-bond acceptors (Lipinski definition) is 3. The van der Waals surface area contributed by atoms with Gasteiger partial charge in [-0.25, -0.2) is 4.79 Å². The molecule has 0 aromatic heterocycles. The van der Waals surface area contributed by atoms with Gasteiger partial charge < -0.3 is 15.2 Å². The van der Waals surface area contributed by atoms with E-state index in [2.05, 4.69) is 5.32 Å². The summed E-state index contributed by atoms with van der Waals surface area (Å²) in [6, 6.07) is 21.4. The molecule has 0 aliphatic heterocycles. The molecular formula is C22H19NO4. The van der Waals surface area contributed by atoms with Gasteiger partial charge >= 0.3 is 5.97 Å². The second-order valence-electron chi connectivity index (χ2n) is 5.93. The quantitative estimate of drug-likeness (QED) is 0.696. The lowest BCUT2D eigenvalue weighted by atomic mass is 9.95. The van der Waals surface area contributed by atoms with Gasteiger partial charge in [0.25, 0.3) is 5.91 Å². The van der Waals surface area contributed by atoms with Crippen molar-refractivity contribution >= 4 is 11.9 Å². The first-order valence-electron chi connectivity index (χ1n) is 8.43. The lowest BCUT2D eigenvalue weighted by Crippen LogP contribution is -2.25. The highest BCUT2D eigenvalue weighted by atomic mass is 16.5. The predicted octanol–water partition coefficient (Wildman–Crippen LogP) is 3.99. The van der Waals surface area contributed by atoms with E-state index >= 15 is 0 Å². The molecule has 3 aromatic rings. The van der Waals surface area contributed by atoms with Gasteiger partial charge in [-0.1, -0.05) is 54.6 Å². The van der Waals surface area contributed by atoms with E-state index in [4.69, 9.17) is 4.74 Å². The molecule has 5 nitrogen and oxygen atoms in total. The van der Waals surface area contributed by atoms with Crippen molar-refractivity contribution in [2.24, 2.45) is 0 Å². The highest BCUT2D eigenvalue weighted by Crippen LogP contribution is 2.26. The molecule has 3 aromatic carbocycles. The van der Waals surface area contributed by atoms with Crippen molar-refractivity contribution in [1.29, 1.82) is 0 Å². The third-order valence-corrected chi connectivity index (χ3v) is 4.22. The third-order valence-electron chi connectivity index (χ3n) is 4.22. The summed E-state index contributed by atoms with van der Waals surface area (Å²) in [4.78, 5) is 24.5. The van der Waals surface area contributed by atoms with E-state index in [1.54, 1.807) is 31.4 Å². The number of hydrogen-bond donors (Lipinski definition) is 2. The first-order valence-corrected chi connectivity index (χ1v) is 8.43. The molecule has 0 spiro atoms. The van der Waals surface area contributed by atoms with Crippen LogP contribution in [0, 0.1) is 0 Å². The van der Waals surface area contributed by atoms with Crippen molar-refractivity contribution in [3.05, 3.63) is 89.5 Å². The van der Waals surface area contributed by atoms with Crippen LogP contribution in [0.3, 0.4) is 0 Å². The number of methoxy groups -OCH3 is 1. The van der Waals surface area contributed by atoms with Crippen molar-refractivity contribution in [3.8, 4) is 16.9 Å². The maximum Gasteiger partial charge on any atom is 0.337 e. The molecule has 136 valence electrons. The van der Waals surface area contributed by atoms with E-state index in [-0.39, 0.29) is 17.7 Å². The molecule has 0 saturated heterocycles. The van der Waals surface area contributed by atoms with Gasteiger partial charge in [-0.05, 0) is 34.9 Å². The molecule has 0 fully saturated rings. The SMILES string of the molecule is COc1ccc(CNC(=O)c2cccc(-c3ccccc3)c2C(=O)O)cc1. The summed E-state index contributed by atoms with van der Waals surface area (Å²) in [6.45, 7) is 0.289. The van der Waals surface area contributed by atoms with Crippen LogP contribution in [-0.4, -0.2) is 24.1 Å². The fraction of sp³-hybridized carbons (Fsp3) is 0.0909. The largest absolute Gasteiger partial charge is 0.497 e. The molecule has 0 radical (unpaired) electrons. The van der Waals surface area contributed by atoms with Gasteiger partial charge in [-0.3, -0.25) is 4.79 Å². The van der Waals surface area contributed by atoms with Crippen molar-refractivity contribution < 1.29 is 19.4 Å². The van der Waals surface area contributed by atoms with Crippen LogP contribution in [0.15, 0.2) is 72.8 Å². The number of ether oxygens (including phenoxy) is 1. The van der Waals surface area contributed by atoms with Gasteiger partial charge in [0.1, 0.15) is 5.75 Å². The Morgan fingerprint density at radius 2 is 1.63 bits per heavy atom. The van der Waals surface area contributed by atoms with E-state index in [1.165, 1.54) is 6.07 Å². The van der Waals surface area contributed by atoms with Gasteiger partial charge in [0.2, 0.25) is 0 Å². The molecule has 0 aliphatic rings. The molecule has 0 bridgehead atoms. The van der Waals surface area contributed by atoms with Gasteiger partial charge in [0.05, 0.1) is 18.2 Å². The number of aromatic carboxylic acids is 1. The van der Waals surface area contributed by atoms with Crippen molar-refractivity contribution in [1.82, 2.24) is 5.32 Å². The number of carbonyl (C=O) groups excluding carboxylic acids is 1. The van der Waals surface area contributed by atoms with E-state index in [9.17, 15) is 14.7 Å². The minimum Gasteiger partial charge on any atom is -0.497 e. The number of carboxylic acids is 1. The molecule has 1 amide bonds. The van der Waals surface area contributed by atoms with Crippen molar-refractivity contribution in [2.75, 3.05) is 7.11 Å². The summed E-state index contributed by atoms with van der Waals surface area (Å²) in [6.07, 6.45) is 0. The van der Waals surface area contributed by atoms with E-state index in [0.717, 1.165) is 16.9 Å². The van der Waals surface area contributed by atoms with E-state index in [0.29, 0.717) is 5.56 Å². The minimum atomic E-state index is -1.14. The van der Waals surface area contributed by atoms with Crippen LogP contribution in [0.25, 0.3) is 11.1 Å². The zero-order valence-corrected chi connectivity index (χ0v) is 14.8. The van der Waals surface area contributed by atoms with Gasteiger partial charge in [0, 0.05) is 6.54 Å². The van der Waals surface area contributed by atoms with Crippen LogP contribution in [0.1, 0.15) is 26.3 Å². The van der Waals surface area contributed by atoms with Crippen molar-refractivity contribution in [3.63, 3.8) is 0 Å². The molecule has 0 saturated carbocycles. The highest BCUT2D eigenvalue weighted by molar-refractivity contribution is 6.08. The monoisotopic (exact) mass is 361 g/mol. The topological polar surface area (TPSA) is 75.6 Å². The Kier molecular flexibility index (Phi) is 5.52. The normalized spacial score (nSPS) is 10.3. The van der Waals surface area contributed by atoms with Crippen LogP contribution in [0.2, 0.25) is 0 Å². The summed E-state index contributed by atoms with van der Waals surface area (Å²) >= 11 is 0. The highest BCUT2D eigenvalue weighted by Gasteiger charge is 2.21. The first kappa shape index (κ1) is 18.2. The maximum absolute atomic E-state index is 12.7. The Morgan fingerprint density at radius 1 is 0.926 bits per heavy atom. The second kappa shape index (κ2) is 8.19. The van der Waals surface area contributed by atoms with Crippen LogP contribution < -0.4 is 10.1 Å². The first-order chi connectivity index (χ1) is 13.1. The lowest BCUT2D eigenvalue weighted by molar-refractivity contribution is 0.0692. The predicted molar refractivity (Wildman–Crippen MR) is 103 cm³/mol. The number of benzene rings is 3. The molecule has 0 atom stereocenters. The Balaban J connectivity index is 1.86. The molecule has 5 heteroatoms. The van der Waals surface area contributed by atoms with Crippen LogP contribution in [-0.2, 0) is 6.54 Å². The molecule has 0 unspecified atom stereocenters. The minimum absolute atomic E-state index is 0.00377. The molecule has 0 heterocycles. The smallest absolute Gasteiger partial charge is 0.337 e. The number of rotatable bonds is 6. The average Bonchev–Trinajstić information content (AvgIpc) is 2.72. The maximum atomic E-state index is 12.7. The summed E-state index contributed by atoms with van der Waals surface area (Å²) in [5.41, 5.74) is 2.29. The number of carboxylic acid groups (broad SMARTS) is 1. The van der Waals surface area contributed by atoms with Crippen molar-refractivity contribution in [2.45, 2.75) is 6.54 Å². The Hall–Kier alpha value is -3.60. The third kappa shape index (κ3) is 4.15. The van der Waals surface area contributed by atoms with Gasteiger partial charge in [-0.15, -0.1) is 0 Å². The Labute approximate surface area is 157 Å². The molecular weight excluding hydrogens is 342 g/mol. The number of carbonyl (C=O) groups is 2. The van der Waals surface area contributed by atoms with E-state index < -0.39 is 11.9 Å². The Morgan fingerprint density at radius 3 is 2.26 bits per heavy atom. The molecule has 0 aliphatic carbocycles. The van der Waals surface area contributed by atoms with Gasteiger partial charge in [0.15, 0.2) is 0 Å². The molecule has 2 N–H and O–H groups in total. The van der Waals surface area contributed by atoms with Gasteiger partial charge in [-0.2, -0.15) is 0 Å². The summed E-state index contributed by atoms with van der Waals surface area (Å²) < 4.78 is 5.11. The average molecular weight is 361 g/mol. The van der Waals surface area contributed by atoms with Crippen LogP contribution in [0.4, 0.5) is 0 Å². The molecule has 3 rings (SSSR count). The lowest BCUT2D eigenvalue weighted by Gasteiger charge is -2.12. The zero-order valence-electron chi connectivity index (χ0n) is 14.8. The fourth-order valence-electron chi connectivity index (χ4n) is 2.85.